The molecule has 0 amide bonds. The summed E-state index contributed by atoms with van der Waals surface area (Å²) in [5.41, 5.74) is 0. The maximum absolute atomic E-state index is 8.86. The smallest absolute Gasteiger partial charge is 0.206 e. The molecule has 0 atom stereocenters. The molecule has 1 aromatic heterocycles. The summed E-state index contributed by atoms with van der Waals surface area (Å²) in [6.45, 7) is 1.09. The molecule has 106 valence electrons. The number of anilines is 1. The van der Waals surface area contributed by atoms with Gasteiger partial charge >= 0.3 is 0 Å². The van der Waals surface area contributed by atoms with Gasteiger partial charge in [-0.15, -0.1) is 0 Å². The van der Waals surface area contributed by atoms with Crippen LogP contribution in [-0.2, 0) is 0 Å². The van der Waals surface area contributed by atoms with E-state index in [1.54, 1.807) is 6.07 Å². The number of nitrogens with zero attached hydrogens (tertiary/aromatic N) is 2. The Labute approximate surface area is 120 Å². The summed E-state index contributed by atoms with van der Waals surface area (Å²) in [6.07, 6.45) is 7.37. The fourth-order valence-corrected chi connectivity index (χ4v) is 5.34. The lowest BCUT2D eigenvalue weighted by Gasteiger charge is -2.55. The third kappa shape index (κ3) is 1.93. The Kier molecular flexibility index (Phi) is 2.80. The zero-order valence-electron chi connectivity index (χ0n) is 12.1. The topological polar surface area (TPSA) is 40.2 Å². The summed E-state index contributed by atoms with van der Waals surface area (Å²) in [7, 11) is 2.10. The molecule has 20 heavy (non-hydrogen) atoms. The Balaban J connectivity index is 1.47. The summed E-state index contributed by atoms with van der Waals surface area (Å²) < 4.78 is 5.55. The first-order valence-electron chi connectivity index (χ1n) is 7.94. The Bertz CT molecular complexity index is 513. The molecule has 5 rings (SSSR count). The third-order valence-corrected chi connectivity index (χ3v) is 5.98. The SMILES string of the molecule is CN(CC1C2CC3CC(C2)CC1C3)c1ccc(C#N)o1. The molecule has 4 aliphatic rings. The molecule has 0 unspecified atom stereocenters. The standard InChI is InChI=1S/C17H22N2O/c1-19(17-3-2-15(9-18)20-17)10-16-13-5-11-4-12(7-13)8-14(16)6-11/h2-3,11-14,16H,4-8,10H2,1H3. The summed E-state index contributed by atoms with van der Waals surface area (Å²) >= 11 is 0. The minimum Gasteiger partial charge on any atom is -0.430 e. The number of rotatable bonds is 3. The highest BCUT2D eigenvalue weighted by Crippen LogP contribution is 2.56. The van der Waals surface area contributed by atoms with Gasteiger partial charge in [0.2, 0.25) is 5.76 Å². The first kappa shape index (κ1) is 12.3. The van der Waals surface area contributed by atoms with E-state index in [-0.39, 0.29) is 0 Å². The monoisotopic (exact) mass is 270 g/mol. The van der Waals surface area contributed by atoms with Gasteiger partial charge in [0, 0.05) is 19.7 Å². The molecule has 0 aliphatic heterocycles. The second kappa shape index (κ2) is 4.55. The highest BCUT2D eigenvalue weighted by Gasteiger charge is 2.48. The van der Waals surface area contributed by atoms with E-state index in [4.69, 9.17) is 9.68 Å². The van der Waals surface area contributed by atoms with Gasteiger partial charge in [0.25, 0.3) is 0 Å². The third-order valence-electron chi connectivity index (χ3n) is 5.98. The maximum atomic E-state index is 8.86. The molecule has 0 aromatic carbocycles. The highest BCUT2D eigenvalue weighted by molar-refractivity contribution is 5.38. The molecule has 4 fully saturated rings. The summed E-state index contributed by atoms with van der Waals surface area (Å²) in [6, 6.07) is 5.76. The van der Waals surface area contributed by atoms with Crippen molar-refractivity contribution in [1.82, 2.24) is 0 Å². The van der Waals surface area contributed by atoms with Gasteiger partial charge < -0.3 is 9.32 Å². The van der Waals surface area contributed by atoms with Crippen LogP contribution >= 0.6 is 0 Å². The van der Waals surface area contributed by atoms with E-state index in [0.29, 0.717) is 5.76 Å². The van der Waals surface area contributed by atoms with Crippen LogP contribution in [0.2, 0.25) is 0 Å². The van der Waals surface area contributed by atoms with Gasteiger partial charge in [-0.2, -0.15) is 5.26 Å². The van der Waals surface area contributed by atoms with Crippen LogP contribution in [0.3, 0.4) is 0 Å². The number of nitriles is 1. The Hall–Kier alpha value is -1.43. The van der Waals surface area contributed by atoms with Crippen molar-refractivity contribution >= 4 is 5.88 Å². The first-order chi connectivity index (χ1) is 9.72. The lowest BCUT2D eigenvalue weighted by molar-refractivity contribution is -0.0327. The van der Waals surface area contributed by atoms with E-state index in [9.17, 15) is 0 Å². The maximum Gasteiger partial charge on any atom is 0.206 e. The minimum atomic E-state index is 0.414. The highest BCUT2D eigenvalue weighted by atomic mass is 16.4. The van der Waals surface area contributed by atoms with E-state index in [1.165, 1.54) is 32.1 Å². The zero-order chi connectivity index (χ0) is 13.7. The molecule has 3 nitrogen and oxygen atoms in total. The van der Waals surface area contributed by atoms with E-state index < -0.39 is 0 Å². The fourth-order valence-electron chi connectivity index (χ4n) is 5.34. The van der Waals surface area contributed by atoms with Crippen molar-refractivity contribution in [1.29, 1.82) is 5.26 Å². The fraction of sp³-hybridized carbons (Fsp3) is 0.706. The van der Waals surface area contributed by atoms with Crippen LogP contribution in [-0.4, -0.2) is 13.6 Å². The van der Waals surface area contributed by atoms with Crippen LogP contribution in [0.15, 0.2) is 16.5 Å². The van der Waals surface area contributed by atoms with E-state index in [2.05, 4.69) is 18.0 Å². The summed E-state index contributed by atoms with van der Waals surface area (Å²) in [5.74, 6) is 6.05. The summed E-state index contributed by atoms with van der Waals surface area (Å²) in [5, 5.41) is 8.86. The molecule has 0 N–H and O–H groups in total. The van der Waals surface area contributed by atoms with Crippen LogP contribution in [0.1, 0.15) is 37.9 Å². The molecule has 1 aromatic rings. The van der Waals surface area contributed by atoms with Crippen LogP contribution in [0, 0.1) is 40.9 Å². The van der Waals surface area contributed by atoms with Gasteiger partial charge in [-0.3, -0.25) is 0 Å². The van der Waals surface area contributed by atoms with Crippen molar-refractivity contribution in [2.24, 2.45) is 29.6 Å². The average Bonchev–Trinajstić information content (AvgIpc) is 2.91. The van der Waals surface area contributed by atoms with Crippen molar-refractivity contribution in [3.05, 3.63) is 17.9 Å². The lowest BCUT2D eigenvalue weighted by Crippen LogP contribution is -2.48. The van der Waals surface area contributed by atoms with Crippen molar-refractivity contribution in [2.45, 2.75) is 32.1 Å². The molecule has 0 radical (unpaired) electrons. The second-order valence-electron chi connectivity index (χ2n) is 7.22. The van der Waals surface area contributed by atoms with Crippen LogP contribution in [0.4, 0.5) is 5.88 Å². The number of hydrogen-bond donors (Lipinski definition) is 0. The molecule has 4 aliphatic carbocycles. The van der Waals surface area contributed by atoms with E-state index >= 15 is 0 Å². The molecule has 4 saturated carbocycles. The van der Waals surface area contributed by atoms with E-state index in [0.717, 1.165) is 42.0 Å². The predicted octanol–water partition coefficient (Wildman–Crippen LogP) is 3.66. The molecule has 1 heterocycles. The largest absolute Gasteiger partial charge is 0.430 e. The molecule has 3 heteroatoms. The van der Waals surface area contributed by atoms with Gasteiger partial charge in [0.1, 0.15) is 6.07 Å². The normalized spacial score (nSPS) is 37.9. The molecule has 4 bridgehead atoms. The van der Waals surface area contributed by atoms with Crippen molar-refractivity contribution < 1.29 is 4.42 Å². The Morgan fingerprint density at radius 1 is 1.15 bits per heavy atom. The minimum absolute atomic E-state index is 0.414. The van der Waals surface area contributed by atoms with Gasteiger partial charge in [0.05, 0.1) is 0 Å². The van der Waals surface area contributed by atoms with Crippen molar-refractivity contribution in [2.75, 3.05) is 18.5 Å². The van der Waals surface area contributed by atoms with E-state index in [1.807, 2.05) is 6.07 Å². The summed E-state index contributed by atoms with van der Waals surface area (Å²) in [4.78, 5) is 2.22. The second-order valence-corrected chi connectivity index (χ2v) is 7.22. The van der Waals surface area contributed by atoms with Gasteiger partial charge in [-0.1, -0.05) is 0 Å². The molecule has 0 spiro atoms. The predicted molar refractivity (Wildman–Crippen MR) is 77.2 cm³/mol. The van der Waals surface area contributed by atoms with Crippen LogP contribution in [0.25, 0.3) is 0 Å². The van der Waals surface area contributed by atoms with Crippen molar-refractivity contribution in [3.8, 4) is 6.07 Å². The molecular weight excluding hydrogens is 248 g/mol. The molecular formula is C17H22N2O. The molecule has 0 saturated heterocycles. The zero-order valence-corrected chi connectivity index (χ0v) is 12.1. The van der Waals surface area contributed by atoms with Gasteiger partial charge in [-0.05, 0) is 67.8 Å². The quantitative estimate of drug-likeness (QED) is 0.841. The van der Waals surface area contributed by atoms with Gasteiger partial charge in [0.15, 0.2) is 5.88 Å². The van der Waals surface area contributed by atoms with Crippen LogP contribution in [0.5, 0.6) is 0 Å². The Morgan fingerprint density at radius 2 is 1.80 bits per heavy atom. The van der Waals surface area contributed by atoms with Crippen molar-refractivity contribution in [3.63, 3.8) is 0 Å². The lowest BCUT2D eigenvalue weighted by atomic mass is 9.52. The number of furan rings is 1. The first-order valence-corrected chi connectivity index (χ1v) is 7.94. The van der Waals surface area contributed by atoms with Crippen LogP contribution < -0.4 is 4.90 Å². The number of hydrogen-bond acceptors (Lipinski definition) is 3. The average molecular weight is 270 g/mol. The van der Waals surface area contributed by atoms with Gasteiger partial charge in [-0.25, -0.2) is 0 Å². The Morgan fingerprint density at radius 3 is 2.35 bits per heavy atom.